The number of carbonyl (C=O) groups is 1. The molecule has 0 amide bonds. The third-order valence-electron chi connectivity index (χ3n) is 3.00. The second-order valence-electron chi connectivity index (χ2n) is 4.65. The standard InChI is InChI=1S/C15H14FNO3S/c1-10-3-6-13(9-15(10)16)17-21(19,20)14-7-4-12(5-8-14)11(2)18/h3-9,17H,1-2H3. The van der Waals surface area contributed by atoms with Crippen LogP contribution in [-0.2, 0) is 10.0 Å². The molecule has 0 bridgehead atoms. The van der Waals surface area contributed by atoms with Gasteiger partial charge in [0.15, 0.2) is 5.78 Å². The fourth-order valence-corrected chi connectivity index (χ4v) is 2.79. The average molecular weight is 307 g/mol. The molecule has 2 aromatic rings. The smallest absolute Gasteiger partial charge is 0.261 e. The summed E-state index contributed by atoms with van der Waals surface area (Å²) in [5.74, 6) is -0.630. The molecule has 0 aliphatic carbocycles. The summed E-state index contributed by atoms with van der Waals surface area (Å²) in [6.07, 6.45) is 0. The molecule has 2 aromatic carbocycles. The van der Waals surface area contributed by atoms with Crippen LogP contribution in [0, 0.1) is 12.7 Å². The van der Waals surface area contributed by atoms with Gasteiger partial charge in [-0.1, -0.05) is 18.2 Å². The minimum absolute atomic E-state index is 0.00785. The van der Waals surface area contributed by atoms with Crippen LogP contribution in [0.5, 0.6) is 0 Å². The van der Waals surface area contributed by atoms with Crippen molar-refractivity contribution in [1.82, 2.24) is 0 Å². The van der Waals surface area contributed by atoms with Crippen molar-refractivity contribution >= 4 is 21.5 Å². The van der Waals surface area contributed by atoms with Crippen molar-refractivity contribution in [3.05, 3.63) is 59.4 Å². The normalized spacial score (nSPS) is 11.2. The van der Waals surface area contributed by atoms with E-state index < -0.39 is 15.8 Å². The number of sulfonamides is 1. The molecule has 4 nitrogen and oxygen atoms in total. The minimum atomic E-state index is -3.81. The summed E-state index contributed by atoms with van der Waals surface area (Å²) in [6, 6.07) is 9.65. The molecule has 110 valence electrons. The summed E-state index contributed by atoms with van der Waals surface area (Å²) in [5.41, 5.74) is 1.01. The minimum Gasteiger partial charge on any atom is -0.295 e. The van der Waals surface area contributed by atoms with Gasteiger partial charge in [-0.3, -0.25) is 9.52 Å². The molecule has 0 saturated carbocycles. The Kier molecular flexibility index (Phi) is 4.09. The predicted molar refractivity (Wildman–Crippen MR) is 78.4 cm³/mol. The van der Waals surface area contributed by atoms with Gasteiger partial charge in [-0.25, -0.2) is 12.8 Å². The lowest BCUT2D eigenvalue weighted by Gasteiger charge is -2.09. The number of aryl methyl sites for hydroxylation is 1. The first-order chi connectivity index (χ1) is 9.79. The lowest BCUT2D eigenvalue weighted by molar-refractivity contribution is 0.101. The van der Waals surface area contributed by atoms with Gasteiger partial charge in [0, 0.05) is 5.56 Å². The van der Waals surface area contributed by atoms with E-state index in [2.05, 4.69) is 4.72 Å². The summed E-state index contributed by atoms with van der Waals surface area (Å²) in [5, 5.41) is 0. The van der Waals surface area contributed by atoms with Gasteiger partial charge in [0.05, 0.1) is 10.6 Å². The first-order valence-electron chi connectivity index (χ1n) is 6.19. The van der Waals surface area contributed by atoms with E-state index in [9.17, 15) is 17.6 Å². The zero-order valence-electron chi connectivity index (χ0n) is 11.6. The van der Waals surface area contributed by atoms with E-state index in [1.807, 2.05) is 0 Å². The zero-order valence-corrected chi connectivity index (χ0v) is 12.4. The molecule has 2 rings (SSSR count). The summed E-state index contributed by atoms with van der Waals surface area (Å²) < 4.78 is 40.0. The molecule has 0 saturated heterocycles. The van der Waals surface area contributed by atoms with Crippen LogP contribution in [0.15, 0.2) is 47.4 Å². The highest BCUT2D eigenvalue weighted by Gasteiger charge is 2.15. The summed E-state index contributed by atoms with van der Waals surface area (Å²) in [4.78, 5) is 11.2. The van der Waals surface area contributed by atoms with Crippen molar-refractivity contribution in [3.8, 4) is 0 Å². The SMILES string of the molecule is CC(=O)c1ccc(S(=O)(=O)Nc2ccc(C)c(F)c2)cc1. The highest BCUT2D eigenvalue weighted by molar-refractivity contribution is 7.92. The van der Waals surface area contributed by atoms with Crippen LogP contribution in [0.25, 0.3) is 0 Å². The summed E-state index contributed by atoms with van der Waals surface area (Å²) in [6.45, 7) is 2.99. The largest absolute Gasteiger partial charge is 0.295 e. The number of carbonyl (C=O) groups excluding carboxylic acids is 1. The molecule has 6 heteroatoms. The van der Waals surface area contributed by atoms with Crippen molar-refractivity contribution in [3.63, 3.8) is 0 Å². The van der Waals surface area contributed by atoms with Crippen LogP contribution in [0.2, 0.25) is 0 Å². The molecular formula is C15H14FNO3S. The molecule has 0 heterocycles. The van der Waals surface area contributed by atoms with Crippen molar-refractivity contribution < 1.29 is 17.6 Å². The van der Waals surface area contributed by atoms with Crippen LogP contribution in [0.4, 0.5) is 10.1 Å². The maximum atomic E-state index is 13.4. The van der Waals surface area contributed by atoms with Crippen molar-refractivity contribution in [2.75, 3.05) is 4.72 Å². The first kappa shape index (κ1) is 15.2. The molecule has 21 heavy (non-hydrogen) atoms. The van der Waals surface area contributed by atoms with E-state index in [1.54, 1.807) is 6.92 Å². The average Bonchev–Trinajstić information content (AvgIpc) is 2.43. The van der Waals surface area contributed by atoms with E-state index >= 15 is 0 Å². The lowest BCUT2D eigenvalue weighted by Crippen LogP contribution is -2.13. The first-order valence-corrected chi connectivity index (χ1v) is 7.68. The van der Waals surface area contributed by atoms with E-state index in [1.165, 1.54) is 43.3 Å². The Hall–Kier alpha value is -2.21. The lowest BCUT2D eigenvalue weighted by atomic mass is 10.2. The highest BCUT2D eigenvalue weighted by atomic mass is 32.2. The quantitative estimate of drug-likeness (QED) is 0.883. The zero-order chi connectivity index (χ0) is 15.6. The van der Waals surface area contributed by atoms with Crippen molar-refractivity contribution in [2.45, 2.75) is 18.7 Å². The highest BCUT2D eigenvalue weighted by Crippen LogP contribution is 2.19. The van der Waals surface area contributed by atoms with Gasteiger partial charge in [-0.2, -0.15) is 0 Å². The van der Waals surface area contributed by atoms with Gasteiger partial charge in [0.1, 0.15) is 5.82 Å². The molecule has 0 unspecified atom stereocenters. The van der Waals surface area contributed by atoms with E-state index in [0.717, 1.165) is 6.07 Å². The van der Waals surface area contributed by atoms with Crippen molar-refractivity contribution in [1.29, 1.82) is 0 Å². The topological polar surface area (TPSA) is 63.2 Å². The number of hydrogen-bond acceptors (Lipinski definition) is 3. The van der Waals surface area contributed by atoms with Crippen LogP contribution in [-0.4, -0.2) is 14.2 Å². The monoisotopic (exact) mass is 307 g/mol. The Morgan fingerprint density at radius 2 is 1.71 bits per heavy atom. The second-order valence-corrected chi connectivity index (χ2v) is 6.33. The van der Waals surface area contributed by atoms with Crippen LogP contribution in [0.1, 0.15) is 22.8 Å². The fraction of sp³-hybridized carbons (Fsp3) is 0.133. The third kappa shape index (κ3) is 3.46. The number of Topliss-reactive ketones (excluding diaryl/α,β-unsaturated/α-hetero) is 1. The maximum Gasteiger partial charge on any atom is 0.261 e. The number of nitrogens with one attached hydrogen (secondary N) is 1. The number of ketones is 1. The Bertz CT molecular complexity index is 783. The molecule has 0 aromatic heterocycles. The van der Waals surface area contributed by atoms with Gasteiger partial charge in [0.25, 0.3) is 10.0 Å². The Morgan fingerprint density at radius 1 is 1.10 bits per heavy atom. The maximum absolute atomic E-state index is 13.4. The molecule has 0 fully saturated rings. The number of benzene rings is 2. The van der Waals surface area contributed by atoms with E-state index in [0.29, 0.717) is 11.1 Å². The molecular weight excluding hydrogens is 293 g/mol. The second kappa shape index (κ2) is 5.65. The molecule has 0 radical (unpaired) electrons. The van der Waals surface area contributed by atoms with Crippen molar-refractivity contribution in [2.24, 2.45) is 0 Å². The summed E-state index contributed by atoms with van der Waals surface area (Å²) >= 11 is 0. The van der Waals surface area contributed by atoms with Crippen LogP contribution < -0.4 is 4.72 Å². The van der Waals surface area contributed by atoms with Crippen LogP contribution in [0.3, 0.4) is 0 Å². The van der Waals surface area contributed by atoms with Gasteiger partial charge in [-0.05, 0) is 43.7 Å². The number of rotatable bonds is 4. The predicted octanol–water partition coefficient (Wildman–Crippen LogP) is 3.14. The fourth-order valence-electron chi connectivity index (χ4n) is 1.74. The van der Waals surface area contributed by atoms with Crippen LogP contribution >= 0.6 is 0 Å². The van der Waals surface area contributed by atoms with E-state index in [4.69, 9.17) is 0 Å². The number of hydrogen-bond donors (Lipinski definition) is 1. The Labute approximate surface area is 122 Å². The van der Waals surface area contributed by atoms with E-state index in [-0.39, 0.29) is 16.4 Å². The third-order valence-corrected chi connectivity index (χ3v) is 4.39. The van der Waals surface area contributed by atoms with Gasteiger partial charge >= 0.3 is 0 Å². The molecule has 0 atom stereocenters. The van der Waals surface area contributed by atoms with Gasteiger partial charge in [0.2, 0.25) is 0 Å². The number of halogens is 1. The molecule has 1 N–H and O–H groups in total. The molecule has 0 aliphatic rings. The number of anilines is 1. The van der Waals surface area contributed by atoms with Gasteiger partial charge in [-0.15, -0.1) is 0 Å². The Balaban J connectivity index is 2.29. The molecule has 0 aliphatic heterocycles. The summed E-state index contributed by atoms with van der Waals surface area (Å²) in [7, 11) is -3.81. The van der Waals surface area contributed by atoms with Gasteiger partial charge < -0.3 is 0 Å². The Morgan fingerprint density at radius 3 is 2.24 bits per heavy atom. The molecule has 0 spiro atoms.